The van der Waals surface area contributed by atoms with Crippen LogP contribution in [0.5, 0.6) is 0 Å². The minimum atomic E-state index is -3.61. The lowest BCUT2D eigenvalue weighted by Crippen LogP contribution is -2.34. The number of carbonyl (C=O) groups excluding carboxylic acids is 1. The van der Waals surface area contributed by atoms with Crippen LogP contribution in [0.2, 0.25) is 5.02 Å². The van der Waals surface area contributed by atoms with Crippen LogP contribution < -0.4 is 9.62 Å². The van der Waals surface area contributed by atoms with Gasteiger partial charge in [0.1, 0.15) is 0 Å². The van der Waals surface area contributed by atoms with Gasteiger partial charge in [0.05, 0.1) is 10.6 Å². The van der Waals surface area contributed by atoms with Crippen molar-refractivity contribution >= 4 is 33.2 Å². The molecule has 3 aromatic carbocycles. The minimum Gasteiger partial charge on any atom is -0.348 e. The highest BCUT2D eigenvalue weighted by Crippen LogP contribution is 2.43. The summed E-state index contributed by atoms with van der Waals surface area (Å²) in [6.45, 7) is 2.48. The van der Waals surface area contributed by atoms with E-state index in [-0.39, 0.29) is 10.8 Å². The number of amides is 1. The predicted molar refractivity (Wildman–Crippen MR) is 115 cm³/mol. The van der Waals surface area contributed by atoms with Crippen LogP contribution in [-0.4, -0.2) is 20.9 Å². The molecule has 3 aromatic rings. The number of fused-ring (bicyclic) bond motifs is 3. The van der Waals surface area contributed by atoms with Crippen LogP contribution in [0.25, 0.3) is 11.1 Å². The molecule has 0 spiro atoms. The number of sulfonamides is 1. The smallest absolute Gasteiger partial charge is 0.264 e. The number of nitrogens with zero attached hydrogens (tertiary/aromatic N) is 1. The van der Waals surface area contributed by atoms with Gasteiger partial charge in [-0.1, -0.05) is 41.9 Å². The van der Waals surface area contributed by atoms with E-state index in [4.69, 9.17) is 11.6 Å². The first kappa shape index (κ1) is 19.5. The van der Waals surface area contributed by atoms with Crippen LogP contribution in [0.15, 0.2) is 71.6 Å². The maximum atomic E-state index is 12.9. The van der Waals surface area contributed by atoms with Crippen molar-refractivity contribution < 1.29 is 13.2 Å². The van der Waals surface area contributed by atoms with Crippen LogP contribution in [0, 0.1) is 0 Å². The van der Waals surface area contributed by atoms with Gasteiger partial charge < -0.3 is 5.32 Å². The van der Waals surface area contributed by atoms with Crippen molar-refractivity contribution in [3.8, 4) is 11.1 Å². The third-order valence-electron chi connectivity index (χ3n) is 4.93. The van der Waals surface area contributed by atoms with Crippen molar-refractivity contribution in [2.75, 3.05) is 10.8 Å². The Bertz CT molecular complexity index is 1190. The topological polar surface area (TPSA) is 66.5 Å². The second-order valence-corrected chi connectivity index (χ2v) is 8.97. The van der Waals surface area contributed by atoms with Gasteiger partial charge in [0.25, 0.3) is 15.9 Å². The van der Waals surface area contributed by atoms with Crippen molar-refractivity contribution in [2.45, 2.75) is 18.4 Å². The van der Waals surface area contributed by atoms with Gasteiger partial charge in [0, 0.05) is 34.8 Å². The molecule has 1 aliphatic rings. The molecule has 0 aromatic heterocycles. The molecule has 1 heterocycles. The molecule has 1 amide bonds. The van der Waals surface area contributed by atoms with E-state index in [0.717, 1.165) is 11.1 Å². The fourth-order valence-corrected chi connectivity index (χ4v) is 5.33. The van der Waals surface area contributed by atoms with E-state index < -0.39 is 10.0 Å². The number of benzene rings is 3. The zero-order chi connectivity index (χ0) is 20.6. The summed E-state index contributed by atoms with van der Waals surface area (Å²) in [5, 5.41) is 3.54. The normalized spacial score (nSPS) is 14.1. The fraction of sp³-hybridized carbons (Fsp3) is 0.136. The Hall–Kier alpha value is -2.83. The zero-order valence-electron chi connectivity index (χ0n) is 15.7. The summed E-state index contributed by atoms with van der Waals surface area (Å²) in [6, 6.07) is 19.2. The van der Waals surface area contributed by atoms with Gasteiger partial charge in [-0.05, 0) is 48.9 Å². The first-order chi connectivity index (χ1) is 13.9. The van der Waals surface area contributed by atoms with Gasteiger partial charge in [-0.3, -0.25) is 9.10 Å². The Morgan fingerprint density at radius 3 is 2.45 bits per heavy atom. The molecule has 7 heteroatoms. The third kappa shape index (κ3) is 3.50. The van der Waals surface area contributed by atoms with Gasteiger partial charge in [-0.15, -0.1) is 0 Å². The summed E-state index contributed by atoms with van der Waals surface area (Å²) >= 11 is 5.89. The van der Waals surface area contributed by atoms with Crippen molar-refractivity contribution in [1.29, 1.82) is 0 Å². The summed E-state index contributed by atoms with van der Waals surface area (Å²) in [6.07, 6.45) is 0. The van der Waals surface area contributed by atoms with Crippen molar-refractivity contribution in [2.24, 2.45) is 0 Å². The second kappa shape index (κ2) is 7.54. The molecule has 0 bridgehead atoms. The molecule has 148 valence electrons. The number of hydrogen-bond acceptors (Lipinski definition) is 3. The minimum absolute atomic E-state index is 0.225. The molecule has 1 N–H and O–H groups in total. The molecule has 5 nitrogen and oxygen atoms in total. The molecule has 0 radical (unpaired) electrons. The number of anilines is 1. The highest BCUT2D eigenvalue weighted by atomic mass is 35.5. The molecule has 0 saturated heterocycles. The average molecular weight is 427 g/mol. The quantitative estimate of drug-likeness (QED) is 0.669. The van der Waals surface area contributed by atoms with E-state index in [1.807, 2.05) is 12.1 Å². The number of nitrogens with one attached hydrogen (secondary N) is 1. The van der Waals surface area contributed by atoms with Crippen LogP contribution in [0.4, 0.5) is 5.69 Å². The molecular weight excluding hydrogens is 408 g/mol. The van der Waals surface area contributed by atoms with E-state index in [0.29, 0.717) is 34.9 Å². The van der Waals surface area contributed by atoms with Crippen molar-refractivity contribution in [3.05, 3.63) is 82.9 Å². The summed E-state index contributed by atoms with van der Waals surface area (Å²) in [5.74, 6) is -0.225. The Balaban J connectivity index is 1.68. The lowest BCUT2D eigenvalue weighted by molar-refractivity contribution is 0.0951. The van der Waals surface area contributed by atoms with Gasteiger partial charge in [0.2, 0.25) is 0 Å². The maximum Gasteiger partial charge on any atom is 0.264 e. The van der Waals surface area contributed by atoms with E-state index in [2.05, 4.69) is 5.32 Å². The van der Waals surface area contributed by atoms with Gasteiger partial charge >= 0.3 is 0 Å². The largest absolute Gasteiger partial charge is 0.348 e. The second-order valence-electron chi connectivity index (χ2n) is 6.71. The van der Waals surface area contributed by atoms with E-state index in [1.165, 1.54) is 4.31 Å². The van der Waals surface area contributed by atoms with Gasteiger partial charge in [-0.25, -0.2) is 8.42 Å². The van der Waals surface area contributed by atoms with Crippen molar-refractivity contribution in [1.82, 2.24) is 5.32 Å². The average Bonchev–Trinajstić information content (AvgIpc) is 2.73. The van der Waals surface area contributed by atoms with Crippen molar-refractivity contribution in [3.63, 3.8) is 0 Å². The van der Waals surface area contributed by atoms with E-state index in [9.17, 15) is 13.2 Å². The maximum absolute atomic E-state index is 12.9. The van der Waals surface area contributed by atoms with Gasteiger partial charge in [0.15, 0.2) is 0 Å². The van der Waals surface area contributed by atoms with E-state index in [1.54, 1.807) is 61.5 Å². The van der Waals surface area contributed by atoms with Crippen LogP contribution >= 0.6 is 11.6 Å². The number of rotatable bonds is 4. The lowest BCUT2D eigenvalue weighted by atomic mass is 10.00. The fourth-order valence-electron chi connectivity index (χ4n) is 3.50. The summed E-state index contributed by atoms with van der Waals surface area (Å²) in [4.78, 5) is 12.9. The van der Waals surface area contributed by atoms with Gasteiger partial charge in [-0.2, -0.15) is 0 Å². The molecule has 1 aliphatic heterocycles. The Labute approximate surface area is 175 Å². The number of carbonyl (C=O) groups is 1. The number of hydrogen-bond donors (Lipinski definition) is 1. The molecule has 0 saturated carbocycles. The molecule has 0 unspecified atom stereocenters. The summed E-state index contributed by atoms with van der Waals surface area (Å²) in [5.41, 5.74) is 3.34. The standard InChI is InChI=1S/C22H19ClN2O3S/c1-2-25-20-12-9-16(22(26)24-14-15-7-10-17(23)11-8-15)13-19(20)18-5-3-4-6-21(18)29(25,27)28/h3-13H,2,14H2,1H3,(H,24,26). The highest BCUT2D eigenvalue weighted by Gasteiger charge is 2.34. The Morgan fingerprint density at radius 2 is 1.72 bits per heavy atom. The number of halogens is 1. The molecule has 0 fully saturated rings. The van der Waals surface area contributed by atoms with E-state index >= 15 is 0 Å². The first-order valence-electron chi connectivity index (χ1n) is 9.20. The van der Waals surface area contributed by atoms with Crippen LogP contribution in [0.3, 0.4) is 0 Å². The Kier molecular flexibility index (Phi) is 5.06. The zero-order valence-corrected chi connectivity index (χ0v) is 17.3. The SMILES string of the molecule is CCN1c2ccc(C(=O)NCc3ccc(Cl)cc3)cc2-c2ccccc2S1(=O)=O. The van der Waals surface area contributed by atoms with Crippen LogP contribution in [0.1, 0.15) is 22.8 Å². The predicted octanol–water partition coefficient (Wildman–Crippen LogP) is 4.47. The summed E-state index contributed by atoms with van der Waals surface area (Å²) < 4.78 is 27.2. The molecule has 4 rings (SSSR count). The highest BCUT2D eigenvalue weighted by molar-refractivity contribution is 7.93. The molecule has 29 heavy (non-hydrogen) atoms. The monoisotopic (exact) mass is 426 g/mol. The molecular formula is C22H19ClN2O3S. The molecule has 0 atom stereocenters. The Morgan fingerprint density at radius 1 is 1.00 bits per heavy atom. The van der Waals surface area contributed by atoms with Crippen LogP contribution in [-0.2, 0) is 16.6 Å². The lowest BCUT2D eigenvalue weighted by Gasteiger charge is -2.31. The molecule has 0 aliphatic carbocycles. The third-order valence-corrected chi connectivity index (χ3v) is 7.13. The summed E-state index contributed by atoms with van der Waals surface area (Å²) in [7, 11) is -3.61. The first-order valence-corrected chi connectivity index (χ1v) is 11.0.